The van der Waals surface area contributed by atoms with Crippen molar-refractivity contribution in [2.45, 2.75) is 12.8 Å². The normalized spacial score (nSPS) is 22.6. The summed E-state index contributed by atoms with van der Waals surface area (Å²) in [6.45, 7) is 0.905. The van der Waals surface area contributed by atoms with Crippen LogP contribution in [-0.2, 0) is 0 Å². The molecule has 0 saturated carbocycles. The van der Waals surface area contributed by atoms with Crippen molar-refractivity contribution in [2.24, 2.45) is 0 Å². The first kappa shape index (κ1) is 6.40. The second-order valence-corrected chi connectivity index (χ2v) is 3.78. The predicted molar refractivity (Wildman–Crippen MR) is 64.6 cm³/mol. The number of rotatable bonds is 5. The molecule has 1 heterocycles. The Bertz CT molecular complexity index is 606. The summed E-state index contributed by atoms with van der Waals surface area (Å²) in [5, 5.41) is 3.78. The van der Waals surface area contributed by atoms with Crippen molar-refractivity contribution in [3.05, 3.63) is 29.7 Å². The highest BCUT2D eigenvalue weighted by molar-refractivity contribution is 5.87. The lowest BCUT2D eigenvalue weighted by molar-refractivity contribution is 0.0696. The Hall–Kier alpha value is -1.55. The predicted octanol–water partition coefficient (Wildman–Crippen LogP) is 1.86. The zero-order valence-corrected chi connectivity index (χ0v) is 9.28. The first-order valence-corrected chi connectivity index (χ1v) is 5.46. The third-order valence-corrected chi connectivity index (χ3v) is 2.54. The summed E-state index contributed by atoms with van der Waals surface area (Å²) < 4.78 is 50.9. The molecular weight excluding hydrogens is 218 g/mol. The number of hydrogen-bond donors (Lipinski definition) is 1. The van der Waals surface area contributed by atoms with Crippen LogP contribution in [-0.4, -0.2) is 42.2 Å². The molecule has 1 aliphatic rings. The summed E-state index contributed by atoms with van der Waals surface area (Å²) in [6, 6.07) is -2.40. The molecule has 0 radical (unpaired) electrons. The van der Waals surface area contributed by atoms with E-state index < -0.39 is 48.0 Å². The van der Waals surface area contributed by atoms with E-state index in [0.29, 0.717) is 0 Å². The van der Waals surface area contributed by atoms with E-state index in [9.17, 15) is 4.79 Å². The van der Waals surface area contributed by atoms with Crippen molar-refractivity contribution >= 4 is 5.97 Å². The van der Waals surface area contributed by atoms with Gasteiger partial charge in [-0.1, -0.05) is 6.04 Å². The average Bonchev–Trinajstić information content (AvgIpc) is 3.02. The zero-order chi connectivity index (χ0) is 17.1. The van der Waals surface area contributed by atoms with Gasteiger partial charge in [0.15, 0.2) is 0 Å². The minimum atomic E-state index is -1.26. The van der Waals surface area contributed by atoms with E-state index in [-0.39, 0.29) is 6.54 Å². The maximum atomic E-state index is 11.5. The van der Waals surface area contributed by atoms with Gasteiger partial charge in [-0.25, -0.2) is 4.79 Å². The topological polar surface area (TPSA) is 49.8 Å². The van der Waals surface area contributed by atoms with Crippen LogP contribution in [0, 0.1) is 0 Å². The van der Waals surface area contributed by atoms with E-state index >= 15 is 0 Å². The molecule has 4 heteroatoms. The van der Waals surface area contributed by atoms with E-state index in [0.717, 1.165) is 25.9 Å². The highest BCUT2D eigenvalue weighted by Gasteiger charge is 2.11. The summed E-state index contributed by atoms with van der Waals surface area (Å²) in [4.78, 5) is 13.5. The summed E-state index contributed by atoms with van der Waals surface area (Å²) in [5.74, 6) is -1.68. The van der Waals surface area contributed by atoms with Gasteiger partial charge in [0.1, 0.15) is 12.3 Å². The maximum absolute atomic E-state index is 11.5. The molecule has 0 aromatic heterocycles. The van der Waals surface area contributed by atoms with Gasteiger partial charge in [0.25, 0.3) is 1.43 Å². The standard InChI is InChI=1S/C13H17NO3/c15-13(16)11-4-3-5-12(10-11)17-9-8-14-6-1-2-7-14/h3-5,10H,1-2,6-9H2,(H,15,16)/i3D,4D,5D,9D,10D/hD. The molecule has 1 saturated heterocycles. The Labute approximate surface area is 109 Å². The van der Waals surface area contributed by atoms with Crippen LogP contribution < -0.4 is 4.74 Å². The van der Waals surface area contributed by atoms with E-state index in [4.69, 9.17) is 13.0 Å². The molecule has 1 fully saturated rings. The number of likely N-dealkylation sites (tertiary alicyclic amines) is 1. The molecule has 17 heavy (non-hydrogen) atoms. The first-order chi connectivity index (χ1) is 10.9. The van der Waals surface area contributed by atoms with Gasteiger partial charge in [0, 0.05) is 6.54 Å². The number of carboxylic acids is 1. The van der Waals surface area contributed by atoms with Gasteiger partial charge < -0.3 is 9.85 Å². The third-order valence-electron chi connectivity index (χ3n) is 2.54. The Morgan fingerprint density at radius 2 is 2.41 bits per heavy atom. The maximum Gasteiger partial charge on any atom is 0.335 e. The summed E-state index contributed by atoms with van der Waals surface area (Å²) >= 11 is 0. The molecule has 1 unspecified atom stereocenters. The summed E-state index contributed by atoms with van der Waals surface area (Å²) in [7, 11) is 0. The molecule has 0 spiro atoms. The molecule has 1 N–H and O–H groups in total. The van der Waals surface area contributed by atoms with Crippen LogP contribution in [0.4, 0.5) is 0 Å². The number of aromatic carboxylic acids is 1. The SMILES string of the molecule is [2H]OC(=O)c1c([2H])c([2H])c([2H])c(OC([2H])CN2CCCC2)c1[2H]. The fourth-order valence-electron chi connectivity index (χ4n) is 1.68. The third kappa shape index (κ3) is 3.46. The Balaban J connectivity index is 2.29. The number of nitrogens with zero attached hydrogens (tertiary/aromatic N) is 1. The molecule has 1 aliphatic heterocycles. The second-order valence-electron chi connectivity index (χ2n) is 3.78. The molecule has 1 aromatic carbocycles. The van der Waals surface area contributed by atoms with E-state index in [1.54, 1.807) is 0 Å². The fraction of sp³-hybridized carbons (Fsp3) is 0.462. The van der Waals surface area contributed by atoms with Gasteiger partial charge >= 0.3 is 5.97 Å². The number of ether oxygens (including phenoxy) is 1. The number of carbonyl (C=O) groups is 1. The molecule has 0 aliphatic carbocycles. The number of benzene rings is 1. The van der Waals surface area contributed by atoms with Crippen molar-refractivity contribution in [1.29, 1.82) is 1.43 Å². The minimum Gasteiger partial charge on any atom is -0.492 e. The van der Waals surface area contributed by atoms with Gasteiger partial charge in [-0.2, -0.15) is 0 Å². The van der Waals surface area contributed by atoms with E-state index in [2.05, 4.69) is 5.11 Å². The molecule has 92 valence electrons. The van der Waals surface area contributed by atoms with Crippen LogP contribution in [0.1, 0.15) is 30.1 Å². The van der Waals surface area contributed by atoms with Crippen LogP contribution >= 0.6 is 0 Å². The van der Waals surface area contributed by atoms with E-state index in [1.807, 2.05) is 4.90 Å². The van der Waals surface area contributed by atoms with Crippen LogP contribution in [0.2, 0.25) is 0 Å². The monoisotopic (exact) mass is 241 g/mol. The fourth-order valence-corrected chi connectivity index (χ4v) is 1.68. The van der Waals surface area contributed by atoms with Crippen molar-refractivity contribution in [3.63, 3.8) is 0 Å². The highest BCUT2D eigenvalue weighted by Crippen LogP contribution is 2.13. The van der Waals surface area contributed by atoms with Crippen molar-refractivity contribution in [1.82, 2.24) is 4.90 Å². The lowest BCUT2D eigenvalue weighted by Gasteiger charge is -2.14. The average molecular weight is 241 g/mol. The quantitative estimate of drug-likeness (QED) is 0.855. The largest absolute Gasteiger partial charge is 0.492 e. The molecular formula is C13H17NO3. The number of hydrogen-bond acceptors (Lipinski definition) is 4. The second kappa shape index (κ2) is 5.68. The van der Waals surface area contributed by atoms with Gasteiger partial charge in [-0.3, -0.25) is 4.90 Å². The van der Waals surface area contributed by atoms with Gasteiger partial charge in [-0.05, 0) is 44.1 Å². The summed E-state index contributed by atoms with van der Waals surface area (Å²) in [5.41, 5.74) is -0.607. The first-order valence-electron chi connectivity index (χ1n) is 8.44. The van der Waals surface area contributed by atoms with Crippen molar-refractivity contribution in [3.8, 4) is 5.75 Å². The lowest BCUT2D eigenvalue weighted by Crippen LogP contribution is -2.25. The molecule has 1 atom stereocenters. The molecule has 2 rings (SSSR count). The Morgan fingerprint density at radius 3 is 3.18 bits per heavy atom. The van der Waals surface area contributed by atoms with Crippen molar-refractivity contribution in [2.75, 3.05) is 26.2 Å². The molecule has 0 amide bonds. The highest BCUT2D eigenvalue weighted by atomic mass is 16.5. The lowest BCUT2D eigenvalue weighted by atomic mass is 10.2. The molecule has 4 nitrogen and oxygen atoms in total. The Kier molecular flexibility index (Phi) is 2.14. The summed E-state index contributed by atoms with van der Waals surface area (Å²) in [6.07, 6.45) is 2.09. The van der Waals surface area contributed by atoms with Gasteiger partial charge in [-0.15, -0.1) is 0 Å². The van der Waals surface area contributed by atoms with Crippen LogP contribution in [0.3, 0.4) is 0 Å². The van der Waals surface area contributed by atoms with Crippen LogP contribution in [0.5, 0.6) is 5.75 Å². The molecule has 1 aromatic rings. The molecule has 0 bridgehead atoms. The van der Waals surface area contributed by atoms with Gasteiger partial charge in [0.2, 0.25) is 0 Å². The van der Waals surface area contributed by atoms with Crippen molar-refractivity contribution < 1.29 is 21.5 Å². The van der Waals surface area contributed by atoms with Crippen LogP contribution in [0.25, 0.3) is 1.43 Å². The van der Waals surface area contributed by atoms with Gasteiger partial charge in [0.05, 0.1) is 12.4 Å². The van der Waals surface area contributed by atoms with Crippen LogP contribution in [0.15, 0.2) is 24.2 Å². The van der Waals surface area contributed by atoms with E-state index in [1.165, 1.54) is 0 Å². The Morgan fingerprint density at radius 1 is 1.59 bits per heavy atom. The number of carboxylic acid groups (broad SMARTS) is 1. The zero-order valence-electron chi connectivity index (χ0n) is 15.3. The smallest absolute Gasteiger partial charge is 0.335 e. The minimum absolute atomic E-state index is 0.285.